The van der Waals surface area contributed by atoms with Gasteiger partial charge in [-0.05, 0) is 43.9 Å². The number of hydrogen-bond acceptors (Lipinski definition) is 4. The van der Waals surface area contributed by atoms with Gasteiger partial charge in [-0.3, -0.25) is 0 Å². The van der Waals surface area contributed by atoms with Crippen LogP contribution >= 0.6 is 0 Å². The number of esters is 1. The number of anilines is 1. The summed E-state index contributed by atoms with van der Waals surface area (Å²) in [6, 6.07) is 5.38. The maximum absolute atomic E-state index is 11.8. The third kappa shape index (κ3) is 5.62. The maximum atomic E-state index is 11.8. The van der Waals surface area contributed by atoms with E-state index in [1.54, 1.807) is 12.1 Å². The lowest BCUT2D eigenvalue weighted by Gasteiger charge is -2.27. The van der Waals surface area contributed by atoms with Gasteiger partial charge in [0.05, 0.1) is 24.4 Å². The molecular weight excluding hydrogens is 342 g/mol. The van der Waals surface area contributed by atoms with Crippen molar-refractivity contribution in [3.63, 3.8) is 0 Å². The molecule has 0 saturated heterocycles. The fraction of sp³-hybridized carbons (Fsp3) is 0.619. The lowest BCUT2D eigenvalue weighted by molar-refractivity contribution is 0.0601. The van der Waals surface area contributed by atoms with Crippen molar-refractivity contribution in [2.45, 2.75) is 76.3 Å². The van der Waals surface area contributed by atoms with Crippen LogP contribution in [0.4, 0.5) is 5.69 Å². The van der Waals surface area contributed by atoms with Crippen LogP contribution in [0, 0.1) is 0 Å². The highest BCUT2D eigenvalue weighted by molar-refractivity contribution is 5.97. The number of carbonyl (C=O) groups excluding carboxylic acids is 1. The summed E-state index contributed by atoms with van der Waals surface area (Å²) in [7, 11) is 1.35. The third-order valence-electron chi connectivity index (χ3n) is 5.50. The van der Waals surface area contributed by atoms with Crippen LogP contribution in [0.2, 0.25) is 0 Å². The van der Waals surface area contributed by atoms with Crippen molar-refractivity contribution < 1.29 is 14.6 Å². The second-order valence-electron chi connectivity index (χ2n) is 7.60. The van der Waals surface area contributed by atoms with E-state index in [0.29, 0.717) is 29.3 Å². The Morgan fingerprint density at radius 1 is 1.07 bits per heavy atom. The number of benzene rings is 1. The van der Waals surface area contributed by atoms with Crippen molar-refractivity contribution in [3.05, 3.63) is 23.8 Å². The van der Waals surface area contributed by atoms with Crippen molar-refractivity contribution in [1.82, 2.24) is 5.32 Å². The molecule has 6 heteroatoms. The number of phenolic OH excluding ortho intramolecular Hbond substituents is 1. The number of carbonyl (C=O) groups is 1. The molecule has 6 nitrogen and oxygen atoms in total. The van der Waals surface area contributed by atoms with E-state index < -0.39 is 5.97 Å². The summed E-state index contributed by atoms with van der Waals surface area (Å²) in [5.41, 5.74) is 0.864. The average Bonchev–Trinajstić information content (AvgIpc) is 2.70. The zero-order chi connectivity index (χ0) is 19.1. The van der Waals surface area contributed by atoms with Crippen molar-refractivity contribution in [3.8, 4) is 5.75 Å². The van der Waals surface area contributed by atoms with Gasteiger partial charge in [-0.15, -0.1) is 0 Å². The molecule has 0 heterocycles. The predicted molar refractivity (Wildman–Crippen MR) is 107 cm³/mol. The van der Waals surface area contributed by atoms with Crippen molar-refractivity contribution >= 4 is 17.6 Å². The molecule has 0 bridgehead atoms. The molecule has 2 aliphatic rings. The van der Waals surface area contributed by atoms with Gasteiger partial charge < -0.3 is 20.5 Å². The predicted octanol–water partition coefficient (Wildman–Crippen LogP) is 4.20. The largest absolute Gasteiger partial charge is 0.506 e. The highest BCUT2D eigenvalue weighted by Gasteiger charge is 2.19. The Balaban J connectivity index is 1.79. The Morgan fingerprint density at radius 3 is 2.41 bits per heavy atom. The zero-order valence-corrected chi connectivity index (χ0v) is 16.2. The van der Waals surface area contributed by atoms with Gasteiger partial charge in [-0.2, -0.15) is 0 Å². The van der Waals surface area contributed by atoms with Crippen LogP contribution in [0.25, 0.3) is 0 Å². The third-order valence-corrected chi connectivity index (χ3v) is 5.50. The minimum absolute atomic E-state index is 0.0874. The second-order valence-corrected chi connectivity index (χ2v) is 7.60. The van der Waals surface area contributed by atoms with Gasteiger partial charge in [0.2, 0.25) is 0 Å². The first-order chi connectivity index (χ1) is 13.2. The van der Waals surface area contributed by atoms with Crippen LogP contribution in [0.3, 0.4) is 0 Å². The van der Waals surface area contributed by atoms with E-state index in [-0.39, 0.29) is 5.75 Å². The minimum Gasteiger partial charge on any atom is -0.506 e. The van der Waals surface area contributed by atoms with Gasteiger partial charge in [-0.1, -0.05) is 38.5 Å². The van der Waals surface area contributed by atoms with Crippen molar-refractivity contribution in [2.75, 3.05) is 12.4 Å². The number of nitrogens with zero attached hydrogens (tertiary/aromatic N) is 1. The highest BCUT2D eigenvalue weighted by Crippen LogP contribution is 2.26. The Hall–Kier alpha value is -2.24. The first-order valence-corrected chi connectivity index (χ1v) is 10.2. The number of phenols is 1. The van der Waals surface area contributed by atoms with Crippen LogP contribution in [-0.4, -0.2) is 36.2 Å². The topological polar surface area (TPSA) is 83.0 Å². The fourth-order valence-electron chi connectivity index (χ4n) is 3.95. The van der Waals surface area contributed by atoms with Gasteiger partial charge in [0.15, 0.2) is 5.96 Å². The van der Waals surface area contributed by atoms with Gasteiger partial charge >= 0.3 is 5.97 Å². The summed E-state index contributed by atoms with van der Waals surface area (Å²) in [4.78, 5) is 16.7. The second kappa shape index (κ2) is 9.62. The van der Waals surface area contributed by atoms with Gasteiger partial charge in [0.1, 0.15) is 5.75 Å². The summed E-state index contributed by atoms with van der Waals surface area (Å²) in [6.45, 7) is 0. The summed E-state index contributed by atoms with van der Waals surface area (Å²) < 4.78 is 4.78. The molecule has 0 unspecified atom stereocenters. The van der Waals surface area contributed by atoms with E-state index in [1.807, 2.05) is 0 Å². The molecule has 2 fully saturated rings. The Morgan fingerprint density at radius 2 is 1.74 bits per heavy atom. The number of hydrogen-bond donors (Lipinski definition) is 3. The number of guanidine groups is 1. The van der Waals surface area contributed by atoms with Gasteiger partial charge in [0.25, 0.3) is 0 Å². The standard InChI is InChI=1S/C21H31N3O3/c1-27-20(26)15-12-13-19(25)18(14-15)24-21(22-16-8-4-2-5-9-16)23-17-10-6-3-7-11-17/h12-14,16-17,25H,2-11H2,1H3,(H2,22,23,24). The lowest BCUT2D eigenvalue weighted by atomic mass is 9.95. The lowest BCUT2D eigenvalue weighted by Crippen LogP contribution is -2.41. The van der Waals surface area contributed by atoms with Crippen LogP contribution in [-0.2, 0) is 4.74 Å². The van der Waals surface area contributed by atoms with E-state index in [9.17, 15) is 9.90 Å². The summed E-state index contributed by atoms with van der Waals surface area (Å²) in [6.07, 6.45) is 12.0. The number of methoxy groups -OCH3 is 1. The fourth-order valence-corrected chi connectivity index (χ4v) is 3.95. The van der Waals surface area contributed by atoms with Crippen molar-refractivity contribution in [2.24, 2.45) is 4.99 Å². The van der Waals surface area contributed by atoms with E-state index in [4.69, 9.17) is 9.73 Å². The molecule has 1 aromatic carbocycles. The molecular formula is C21H31N3O3. The van der Waals surface area contributed by atoms with Gasteiger partial charge in [-0.25, -0.2) is 9.79 Å². The van der Waals surface area contributed by atoms with E-state index in [1.165, 1.54) is 51.7 Å². The number of ether oxygens (including phenoxy) is 1. The molecule has 0 aliphatic heterocycles. The zero-order valence-electron chi connectivity index (χ0n) is 16.2. The summed E-state index contributed by atoms with van der Waals surface area (Å²) in [5, 5.41) is 17.0. The first-order valence-electron chi connectivity index (χ1n) is 10.2. The van der Waals surface area contributed by atoms with E-state index in [0.717, 1.165) is 25.7 Å². The molecule has 0 radical (unpaired) electrons. The van der Waals surface area contributed by atoms with Crippen molar-refractivity contribution in [1.29, 1.82) is 0 Å². The Labute approximate surface area is 161 Å². The molecule has 27 heavy (non-hydrogen) atoms. The molecule has 1 aromatic rings. The van der Waals surface area contributed by atoms with Crippen LogP contribution in [0.15, 0.2) is 23.2 Å². The molecule has 0 aromatic heterocycles. The first kappa shape index (κ1) is 19.5. The Bertz CT molecular complexity index is 663. The molecule has 148 valence electrons. The number of rotatable bonds is 4. The van der Waals surface area contributed by atoms with Gasteiger partial charge in [0, 0.05) is 6.04 Å². The highest BCUT2D eigenvalue weighted by atomic mass is 16.5. The number of aliphatic imine (C=N–C) groups is 1. The molecule has 0 atom stereocenters. The quantitative estimate of drug-likeness (QED) is 0.319. The number of nitrogens with one attached hydrogen (secondary N) is 2. The average molecular weight is 373 g/mol. The summed E-state index contributed by atoms with van der Waals surface area (Å²) >= 11 is 0. The van der Waals surface area contributed by atoms with Crippen LogP contribution < -0.4 is 10.6 Å². The van der Waals surface area contributed by atoms with Crippen LogP contribution in [0.5, 0.6) is 5.75 Å². The monoisotopic (exact) mass is 373 g/mol. The molecule has 2 aliphatic carbocycles. The SMILES string of the molecule is COC(=O)c1ccc(O)c(NC(=NC2CCCCC2)NC2CCCCC2)c1. The molecule has 0 amide bonds. The minimum atomic E-state index is -0.427. The molecule has 3 rings (SSSR count). The normalized spacial score (nSPS) is 19.5. The maximum Gasteiger partial charge on any atom is 0.337 e. The van der Waals surface area contributed by atoms with Crippen LogP contribution in [0.1, 0.15) is 74.6 Å². The Kier molecular flexibility index (Phi) is 6.96. The van der Waals surface area contributed by atoms with E-state index in [2.05, 4.69) is 10.6 Å². The summed E-state index contributed by atoms with van der Waals surface area (Å²) in [5.74, 6) is 0.361. The molecule has 2 saturated carbocycles. The molecule has 0 spiro atoms. The number of aromatic hydroxyl groups is 1. The molecule has 3 N–H and O–H groups in total. The smallest absolute Gasteiger partial charge is 0.337 e. The van der Waals surface area contributed by atoms with E-state index >= 15 is 0 Å².